The van der Waals surface area contributed by atoms with Crippen LogP contribution in [0.5, 0.6) is 0 Å². The summed E-state index contributed by atoms with van der Waals surface area (Å²) in [6, 6.07) is 4.98. The lowest BCUT2D eigenvalue weighted by Gasteiger charge is -2.14. The standard InChI is InChI=1S/C16H19ClN2O4/c17-11-9-10(18-15(20)13-3-1-7-22-13)5-6-12(11)19-16(21)14-4-2-8-23-14/h5-6,9,13-14H,1-4,7-8H2,(H,18,20)(H,19,21)/t13-,14-/m0/s1. The fourth-order valence-electron chi connectivity index (χ4n) is 2.70. The first-order chi connectivity index (χ1) is 11.1. The first-order valence-electron chi connectivity index (χ1n) is 7.78. The Balaban J connectivity index is 1.60. The second-order valence-electron chi connectivity index (χ2n) is 5.68. The fraction of sp³-hybridized carbons (Fsp3) is 0.500. The third-order valence-electron chi connectivity index (χ3n) is 3.94. The Bertz CT molecular complexity index is 596. The molecule has 1 aromatic rings. The van der Waals surface area contributed by atoms with E-state index in [-0.39, 0.29) is 11.8 Å². The van der Waals surface area contributed by atoms with Gasteiger partial charge in [-0.05, 0) is 43.9 Å². The average Bonchev–Trinajstić information content (AvgIpc) is 3.23. The molecule has 0 aliphatic carbocycles. The van der Waals surface area contributed by atoms with Crippen molar-refractivity contribution < 1.29 is 19.1 Å². The van der Waals surface area contributed by atoms with E-state index in [1.807, 2.05) is 0 Å². The van der Waals surface area contributed by atoms with Crippen LogP contribution >= 0.6 is 11.6 Å². The van der Waals surface area contributed by atoms with Crippen molar-refractivity contribution in [3.05, 3.63) is 23.2 Å². The SMILES string of the molecule is O=C(Nc1ccc(NC(=O)[C@@H]2CCCO2)c(Cl)c1)[C@@H]1CCCO1. The van der Waals surface area contributed by atoms with Crippen molar-refractivity contribution >= 4 is 34.8 Å². The maximum absolute atomic E-state index is 12.0. The number of benzene rings is 1. The van der Waals surface area contributed by atoms with E-state index in [0.29, 0.717) is 29.6 Å². The van der Waals surface area contributed by atoms with Crippen LogP contribution in [0.2, 0.25) is 5.02 Å². The van der Waals surface area contributed by atoms with E-state index in [4.69, 9.17) is 21.1 Å². The molecule has 2 aliphatic heterocycles. The summed E-state index contributed by atoms with van der Waals surface area (Å²) >= 11 is 6.19. The minimum absolute atomic E-state index is 0.172. The number of carbonyl (C=O) groups is 2. The number of halogens is 1. The normalized spacial score (nSPS) is 23.7. The van der Waals surface area contributed by atoms with Crippen molar-refractivity contribution in [3.63, 3.8) is 0 Å². The molecule has 2 fully saturated rings. The van der Waals surface area contributed by atoms with Crippen LogP contribution < -0.4 is 10.6 Å². The zero-order chi connectivity index (χ0) is 16.2. The molecule has 7 heteroatoms. The molecule has 0 radical (unpaired) electrons. The Morgan fingerprint density at radius 1 is 1.00 bits per heavy atom. The van der Waals surface area contributed by atoms with Crippen LogP contribution in [0.1, 0.15) is 25.7 Å². The predicted molar refractivity (Wildman–Crippen MR) is 86.7 cm³/mol. The number of nitrogens with one attached hydrogen (secondary N) is 2. The van der Waals surface area contributed by atoms with Crippen molar-refractivity contribution in [1.29, 1.82) is 0 Å². The van der Waals surface area contributed by atoms with Crippen LogP contribution in [0.4, 0.5) is 11.4 Å². The summed E-state index contributed by atoms with van der Waals surface area (Å²) < 4.78 is 10.7. The maximum Gasteiger partial charge on any atom is 0.253 e. The molecule has 2 atom stereocenters. The van der Waals surface area contributed by atoms with Crippen molar-refractivity contribution in [2.24, 2.45) is 0 Å². The molecule has 2 amide bonds. The topological polar surface area (TPSA) is 76.7 Å². The highest BCUT2D eigenvalue weighted by Gasteiger charge is 2.25. The lowest BCUT2D eigenvalue weighted by atomic mass is 10.2. The number of amides is 2. The van der Waals surface area contributed by atoms with Gasteiger partial charge in [-0.3, -0.25) is 9.59 Å². The molecule has 2 N–H and O–H groups in total. The fourth-order valence-corrected chi connectivity index (χ4v) is 2.93. The van der Waals surface area contributed by atoms with E-state index in [0.717, 1.165) is 25.7 Å². The van der Waals surface area contributed by atoms with Gasteiger partial charge in [-0.1, -0.05) is 11.6 Å². The van der Waals surface area contributed by atoms with Crippen molar-refractivity contribution in [2.75, 3.05) is 23.8 Å². The Morgan fingerprint density at radius 2 is 1.61 bits per heavy atom. The van der Waals surface area contributed by atoms with Gasteiger partial charge in [0.05, 0.1) is 10.7 Å². The van der Waals surface area contributed by atoms with Crippen molar-refractivity contribution in [2.45, 2.75) is 37.9 Å². The van der Waals surface area contributed by atoms with Gasteiger partial charge in [-0.2, -0.15) is 0 Å². The van der Waals surface area contributed by atoms with Gasteiger partial charge in [-0.15, -0.1) is 0 Å². The minimum atomic E-state index is -0.412. The Kier molecular flexibility index (Phi) is 5.15. The maximum atomic E-state index is 12.0. The molecular weight excluding hydrogens is 320 g/mol. The lowest BCUT2D eigenvalue weighted by molar-refractivity contribution is -0.125. The Hall–Kier alpha value is -1.63. The summed E-state index contributed by atoms with van der Waals surface area (Å²) in [5.74, 6) is -0.366. The zero-order valence-corrected chi connectivity index (χ0v) is 13.4. The monoisotopic (exact) mass is 338 g/mol. The number of ether oxygens (including phenoxy) is 2. The van der Waals surface area contributed by atoms with Gasteiger partial charge in [0.1, 0.15) is 12.2 Å². The molecule has 2 heterocycles. The van der Waals surface area contributed by atoms with E-state index in [2.05, 4.69) is 10.6 Å². The van der Waals surface area contributed by atoms with E-state index >= 15 is 0 Å². The highest BCUT2D eigenvalue weighted by molar-refractivity contribution is 6.34. The van der Waals surface area contributed by atoms with Gasteiger partial charge < -0.3 is 20.1 Å². The van der Waals surface area contributed by atoms with Crippen LogP contribution in [-0.2, 0) is 19.1 Å². The van der Waals surface area contributed by atoms with Crippen LogP contribution in [0.3, 0.4) is 0 Å². The van der Waals surface area contributed by atoms with Gasteiger partial charge in [0.25, 0.3) is 11.8 Å². The zero-order valence-electron chi connectivity index (χ0n) is 12.6. The van der Waals surface area contributed by atoms with Crippen LogP contribution in [0.15, 0.2) is 18.2 Å². The second kappa shape index (κ2) is 7.29. The predicted octanol–water partition coefficient (Wildman–Crippen LogP) is 2.58. The summed E-state index contributed by atoms with van der Waals surface area (Å²) in [6.45, 7) is 1.23. The molecule has 23 heavy (non-hydrogen) atoms. The molecule has 0 spiro atoms. The number of anilines is 2. The largest absolute Gasteiger partial charge is 0.368 e. The minimum Gasteiger partial charge on any atom is -0.368 e. The van der Waals surface area contributed by atoms with Crippen LogP contribution in [0, 0.1) is 0 Å². The summed E-state index contributed by atoms with van der Waals surface area (Å²) in [4.78, 5) is 24.0. The van der Waals surface area contributed by atoms with Crippen LogP contribution in [-0.4, -0.2) is 37.2 Å². The highest BCUT2D eigenvalue weighted by Crippen LogP contribution is 2.27. The van der Waals surface area contributed by atoms with E-state index in [9.17, 15) is 9.59 Å². The molecule has 0 aromatic heterocycles. The molecule has 3 rings (SSSR count). The third-order valence-corrected chi connectivity index (χ3v) is 4.25. The van der Waals surface area contributed by atoms with E-state index in [1.54, 1.807) is 18.2 Å². The number of carbonyl (C=O) groups excluding carboxylic acids is 2. The molecule has 124 valence electrons. The molecule has 1 aromatic carbocycles. The average molecular weight is 339 g/mol. The quantitative estimate of drug-likeness (QED) is 0.884. The first kappa shape index (κ1) is 16.2. The first-order valence-corrected chi connectivity index (χ1v) is 8.16. The molecule has 2 saturated heterocycles. The third kappa shape index (κ3) is 4.02. The van der Waals surface area contributed by atoms with Crippen LogP contribution in [0.25, 0.3) is 0 Å². The van der Waals surface area contributed by atoms with Crippen molar-refractivity contribution in [3.8, 4) is 0 Å². The Morgan fingerprint density at radius 3 is 2.13 bits per heavy atom. The van der Waals surface area contributed by atoms with Gasteiger partial charge in [0.2, 0.25) is 0 Å². The van der Waals surface area contributed by atoms with E-state index in [1.165, 1.54) is 0 Å². The lowest BCUT2D eigenvalue weighted by Crippen LogP contribution is -2.27. The molecule has 2 aliphatic rings. The van der Waals surface area contributed by atoms with E-state index < -0.39 is 12.2 Å². The Labute approximate surface area is 139 Å². The van der Waals surface area contributed by atoms with Gasteiger partial charge in [0, 0.05) is 18.9 Å². The molecule has 6 nitrogen and oxygen atoms in total. The summed E-state index contributed by atoms with van der Waals surface area (Å²) in [5, 5.41) is 5.89. The van der Waals surface area contributed by atoms with Crippen molar-refractivity contribution in [1.82, 2.24) is 0 Å². The number of hydrogen-bond acceptors (Lipinski definition) is 4. The van der Waals surface area contributed by atoms with Gasteiger partial charge >= 0.3 is 0 Å². The summed E-state index contributed by atoms with van der Waals surface area (Å²) in [5.41, 5.74) is 1.08. The number of rotatable bonds is 4. The summed E-state index contributed by atoms with van der Waals surface area (Å²) in [7, 11) is 0. The smallest absolute Gasteiger partial charge is 0.253 e. The highest BCUT2D eigenvalue weighted by atomic mass is 35.5. The van der Waals surface area contributed by atoms with Gasteiger partial charge in [-0.25, -0.2) is 0 Å². The second-order valence-corrected chi connectivity index (χ2v) is 6.08. The molecule has 0 unspecified atom stereocenters. The molecule has 0 bridgehead atoms. The van der Waals surface area contributed by atoms with Gasteiger partial charge in [0.15, 0.2) is 0 Å². The number of hydrogen-bond donors (Lipinski definition) is 2. The summed E-state index contributed by atoms with van der Waals surface area (Å²) in [6.07, 6.45) is 2.43. The molecule has 0 saturated carbocycles. The molecular formula is C16H19ClN2O4.